The molecule has 0 N–H and O–H groups in total. The molecule has 0 aromatic heterocycles. The van der Waals surface area contributed by atoms with Gasteiger partial charge < -0.3 is 4.90 Å². The number of carbonyl (C=O) groups excluding carboxylic acids is 1. The molecule has 2 rings (SSSR count). The first-order valence-corrected chi connectivity index (χ1v) is 7.80. The van der Waals surface area contributed by atoms with Crippen LogP contribution in [0.25, 0.3) is 0 Å². The van der Waals surface area contributed by atoms with Crippen LogP contribution in [-0.2, 0) is 9.84 Å². The maximum atomic E-state index is 12.8. The van der Waals surface area contributed by atoms with Gasteiger partial charge in [0.15, 0.2) is 9.84 Å². The Balaban J connectivity index is 2.22. The smallest absolute Gasteiger partial charge is 0.254 e. The van der Waals surface area contributed by atoms with Crippen molar-refractivity contribution in [3.05, 3.63) is 35.6 Å². The molecule has 6 heteroatoms. The molecule has 0 saturated carbocycles. The first kappa shape index (κ1) is 14.0. The Bertz CT molecular complexity index is 597. The summed E-state index contributed by atoms with van der Waals surface area (Å²) in [5, 5.41) is 0. The highest BCUT2D eigenvalue weighted by atomic mass is 32.2. The van der Waals surface area contributed by atoms with Crippen molar-refractivity contribution in [2.75, 3.05) is 18.6 Å². The third kappa shape index (κ3) is 2.78. The molecule has 0 aliphatic carbocycles. The molecule has 0 radical (unpaired) electrons. The molecule has 0 unspecified atom stereocenters. The molecule has 19 heavy (non-hydrogen) atoms. The third-order valence-electron chi connectivity index (χ3n) is 3.69. The first-order valence-electron chi connectivity index (χ1n) is 5.98. The van der Waals surface area contributed by atoms with E-state index in [9.17, 15) is 17.6 Å². The average Bonchev–Trinajstić information content (AvgIpc) is 2.64. The van der Waals surface area contributed by atoms with Crippen molar-refractivity contribution in [3.8, 4) is 0 Å². The second kappa shape index (κ2) is 4.59. The van der Waals surface area contributed by atoms with Crippen LogP contribution in [0.3, 0.4) is 0 Å². The number of carbonyl (C=O) groups is 1. The van der Waals surface area contributed by atoms with E-state index in [0.29, 0.717) is 12.0 Å². The highest BCUT2D eigenvalue weighted by molar-refractivity contribution is 7.91. The number of halogens is 1. The van der Waals surface area contributed by atoms with Gasteiger partial charge in [-0.3, -0.25) is 4.79 Å². The zero-order chi connectivity index (χ0) is 14.3. The topological polar surface area (TPSA) is 54.5 Å². The van der Waals surface area contributed by atoms with Crippen molar-refractivity contribution >= 4 is 15.7 Å². The summed E-state index contributed by atoms with van der Waals surface area (Å²) in [6.07, 6.45) is 0.429. The van der Waals surface area contributed by atoms with E-state index in [4.69, 9.17) is 0 Å². The van der Waals surface area contributed by atoms with Gasteiger partial charge in [-0.25, -0.2) is 12.8 Å². The van der Waals surface area contributed by atoms with E-state index in [-0.39, 0.29) is 17.4 Å². The van der Waals surface area contributed by atoms with E-state index in [0.717, 1.165) is 0 Å². The van der Waals surface area contributed by atoms with Crippen LogP contribution < -0.4 is 0 Å². The lowest BCUT2D eigenvalue weighted by atomic mass is 9.99. The van der Waals surface area contributed by atoms with Crippen LogP contribution in [0.2, 0.25) is 0 Å². The Labute approximate surface area is 112 Å². The molecule has 1 aromatic rings. The van der Waals surface area contributed by atoms with Gasteiger partial charge >= 0.3 is 0 Å². The van der Waals surface area contributed by atoms with Gasteiger partial charge in [0, 0.05) is 12.6 Å². The molecule has 1 aliphatic heterocycles. The number of hydrogen-bond donors (Lipinski definition) is 0. The predicted octanol–water partition coefficient (Wildman–Crippen LogP) is 1.47. The Hall–Kier alpha value is -1.43. The van der Waals surface area contributed by atoms with Gasteiger partial charge in [0.1, 0.15) is 5.82 Å². The number of amides is 1. The van der Waals surface area contributed by atoms with Crippen molar-refractivity contribution in [1.82, 2.24) is 4.90 Å². The molecular weight excluding hydrogens is 269 g/mol. The Morgan fingerprint density at radius 3 is 2.37 bits per heavy atom. The Morgan fingerprint density at radius 1 is 1.32 bits per heavy atom. The van der Waals surface area contributed by atoms with Crippen molar-refractivity contribution in [2.24, 2.45) is 0 Å². The van der Waals surface area contributed by atoms with Crippen molar-refractivity contribution < 1.29 is 17.6 Å². The fourth-order valence-electron chi connectivity index (χ4n) is 2.29. The number of benzene rings is 1. The van der Waals surface area contributed by atoms with Crippen LogP contribution in [0.5, 0.6) is 0 Å². The van der Waals surface area contributed by atoms with Gasteiger partial charge in [-0.1, -0.05) is 0 Å². The van der Waals surface area contributed by atoms with Crippen molar-refractivity contribution in [3.63, 3.8) is 0 Å². The van der Waals surface area contributed by atoms with Gasteiger partial charge in [-0.15, -0.1) is 0 Å². The van der Waals surface area contributed by atoms with E-state index in [1.807, 2.05) is 0 Å². The fourth-order valence-corrected chi connectivity index (χ4v) is 4.47. The van der Waals surface area contributed by atoms with Gasteiger partial charge in [-0.2, -0.15) is 0 Å². The molecular formula is C13H16FNO3S. The summed E-state index contributed by atoms with van der Waals surface area (Å²) in [6.45, 7) is 1.76. The molecule has 1 aliphatic rings. The zero-order valence-corrected chi connectivity index (χ0v) is 11.7. The molecule has 1 amide bonds. The molecule has 1 fully saturated rings. The van der Waals surface area contributed by atoms with Crippen LogP contribution in [-0.4, -0.2) is 43.3 Å². The zero-order valence-electron chi connectivity index (χ0n) is 10.9. The third-order valence-corrected chi connectivity index (χ3v) is 5.58. The van der Waals surface area contributed by atoms with Gasteiger partial charge in [0.2, 0.25) is 0 Å². The summed E-state index contributed by atoms with van der Waals surface area (Å²) in [5.41, 5.74) is -0.334. The minimum Gasteiger partial charge on any atom is -0.335 e. The van der Waals surface area contributed by atoms with E-state index in [1.165, 1.54) is 29.2 Å². The van der Waals surface area contributed by atoms with Crippen LogP contribution in [0.4, 0.5) is 4.39 Å². The number of rotatable bonds is 2. The average molecular weight is 285 g/mol. The lowest BCUT2D eigenvalue weighted by Gasteiger charge is -2.34. The summed E-state index contributed by atoms with van der Waals surface area (Å²) in [7, 11) is -1.49. The van der Waals surface area contributed by atoms with Crippen LogP contribution in [0.15, 0.2) is 24.3 Å². The monoisotopic (exact) mass is 285 g/mol. The summed E-state index contributed by atoms with van der Waals surface area (Å²) in [5.74, 6) is -0.623. The SMILES string of the molecule is CN(C(=O)c1ccc(F)cc1)[C@]1(C)CCS(=O)(=O)C1. The summed E-state index contributed by atoms with van der Waals surface area (Å²) in [6, 6.07) is 5.24. The largest absolute Gasteiger partial charge is 0.335 e. The Kier molecular flexibility index (Phi) is 3.38. The molecule has 104 valence electrons. The van der Waals surface area contributed by atoms with Crippen molar-refractivity contribution in [2.45, 2.75) is 18.9 Å². The molecule has 1 aromatic carbocycles. The molecule has 1 atom stereocenters. The van der Waals surface area contributed by atoms with Gasteiger partial charge in [0.25, 0.3) is 5.91 Å². The minimum atomic E-state index is -3.08. The quantitative estimate of drug-likeness (QED) is 0.827. The second-order valence-electron chi connectivity index (χ2n) is 5.21. The van der Waals surface area contributed by atoms with E-state index in [1.54, 1.807) is 14.0 Å². The molecule has 1 saturated heterocycles. The van der Waals surface area contributed by atoms with Crippen molar-refractivity contribution in [1.29, 1.82) is 0 Å². The maximum absolute atomic E-state index is 12.8. The van der Waals surface area contributed by atoms with E-state index >= 15 is 0 Å². The predicted molar refractivity (Wildman–Crippen MR) is 70.2 cm³/mol. The van der Waals surface area contributed by atoms with Gasteiger partial charge in [0.05, 0.1) is 17.0 Å². The highest BCUT2D eigenvalue weighted by Crippen LogP contribution is 2.29. The van der Waals surface area contributed by atoms with Crippen LogP contribution in [0.1, 0.15) is 23.7 Å². The summed E-state index contributed by atoms with van der Waals surface area (Å²) >= 11 is 0. The summed E-state index contributed by atoms with van der Waals surface area (Å²) in [4.78, 5) is 13.7. The molecule has 0 spiro atoms. The van der Waals surface area contributed by atoms with Crippen LogP contribution in [0, 0.1) is 5.82 Å². The first-order chi connectivity index (χ1) is 8.73. The lowest BCUT2D eigenvalue weighted by molar-refractivity contribution is 0.0638. The molecule has 1 heterocycles. The minimum absolute atomic E-state index is 0.0244. The normalized spacial score (nSPS) is 25.2. The number of sulfone groups is 1. The highest BCUT2D eigenvalue weighted by Gasteiger charge is 2.43. The lowest BCUT2D eigenvalue weighted by Crippen LogP contribution is -2.48. The van der Waals surface area contributed by atoms with Crippen LogP contribution >= 0.6 is 0 Å². The fraction of sp³-hybridized carbons (Fsp3) is 0.462. The molecule has 0 bridgehead atoms. The Morgan fingerprint density at radius 2 is 1.89 bits per heavy atom. The second-order valence-corrected chi connectivity index (χ2v) is 7.39. The summed E-state index contributed by atoms with van der Waals surface area (Å²) < 4.78 is 36.0. The number of hydrogen-bond acceptors (Lipinski definition) is 3. The van der Waals surface area contributed by atoms with E-state index < -0.39 is 21.2 Å². The number of nitrogens with zero attached hydrogens (tertiary/aromatic N) is 1. The molecule has 4 nitrogen and oxygen atoms in total. The van der Waals surface area contributed by atoms with E-state index in [2.05, 4.69) is 0 Å². The maximum Gasteiger partial charge on any atom is 0.254 e. The standard InChI is InChI=1S/C13H16FNO3S/c1-13(7-8-19(17,18)9-13)15(2)12(16)10-3-5-11(14)6-4-10/h3-6H,7-9H2,1-2H3/t13-/m1/s1. The van der Waals surface area contributed by atoms with Gasteiger partial charge in [-0.05, 0) is 37.6 Å².